The second-order valence-corrected chi connectivity index (χ2v) is 4.96. The van der Waals surface area contributed by atoms with Crippen molar-refractivity contribution in [2.45, 2.75) is 31.8 Å². The van der Waals surface area contributed by atoms with Crippen molar-refractivity contribution in [3.05, 3.63) is 0 Å². The van der Waals surface area contributed by atoms with Crippen molar-refractivity contribution in [2.24, 2.45) is 11.1 Å². The third kappa shape index (κ3) is 8.09. The molecule has 0 aliphatic carbocycles. The van der Waals surface area contributed by atoms with Crippen LogP contribution in [0.1, 0.15) is 25.7 Å². The van der Waals surface area contributed by atoms with E-state index in [0.717, 1.165) is 0 Å². The first-order valence-corrected chi connectivity index (χ1v) is 6.58. The summed E-state index contributed by atoms with van der Waals surface area (Å²) in [5.41, 5.74) is 5.58. The Bertz CT molecular complexity index is 411. The smallest absolute Gasteiger partial charge is 0.306 e. The van der Waals surface area contributed by atoms with Gasteiger partial charge in [0.2, 0.25) is 0 Å². The van der Waals surface area contributed by atoms with E-state index in [0.29, 0.717) is 0 Å². The molecule has 0 fully saturated rings. The SMILES string of the molecule is NCCNOC(CC(=O)O)C(CC(=O)O)(CC(=O)O)CC(=O)O. The van der Waals surface area contributed by atoms with Gasteiger partial charge in [-0.3, -0.25) is 24.0 Å². The van der Waals surface area contributed by atoms with Crippen molar-refractivity contribution in [3.63, 3.8) is 0 Å². The summed E-state index contributed by atoms with van der Waals surface area (Å²) in [6.07, 6.45) is -4.91. The molecule has 0 heterocycles. The van der Waals surface area contributed by atoms with E-state index in [2.05, 4.69) is 5.48 Å². The fourth-order valence-electron chi connectivity index (χ4n) is 2.19. The van der Waals surface area contributed by atoms with Crippen LogP contribution in [0, 0.1) is 5.41 Å². The van der Waals surface area contributed by atoms with Gasteiger partial charge in [-0.05, 0) is 0 Å². The second-order valence-electron chi connectivity index (χ2n) is 4.96. The highest BCUT2D eigenvalue weighted by Crippen LogP contribution is 2.38. The number of aliphatic carboxylic acids is 4. The van der Waals surface area contributed by atoms with E-state index in [1.54, 1.807) is 0 Å². The van der Waals surface area contributed by atoms with Crippen LogP contribution in [0.25, 0.3) is 0 Å². The molecular formula is C12H20N2O9. The first-order chi connectivity index (χ1) is 10.6. The van der Waals surface area contributed by atoms with Gasteiger partial charge >= 0.3 is 23.9 Å². The molecule has 11 heteroatoms. The van der Waals surface area contributed by atoms with Crippen LogP contribution in [0.2, 0.25) is 0 Å². The van der Waals surface area contributed by atoms with Gasteiger partial charge in [-0.1, -0.05) is 0 Å². The third-order valence-electron chi connectivity index (χ3n) is 3.02. The molecular weight excluding hydrogens is 316 g/mol. The van der Waals surface area contributed by atoms with E-state index < -0.39 is 61.1 Å². The number of hydroxylamine groups is 1. The van der Waals surface area contributed by atoms with Crippen LogP contribution < -0.4 is 11.2 Å². The van der Waals surface area contributed by atoms with Gasteiger partial charge in [0, 0.05) is 18.5 Å². The largest absolute Gasteiger partial charge is 0.481 e. The number of hydrogen-bond donors (Lipinski definition) is 6. The number of carbonyl (C=O) groups is 4. The van der Waals surface area contributed by atoms with Crippen LogP contribution in [0.5, 0.6) is 0 Å². The van der Waals surface area contributed by atoms with Crippen LogP contribution in [-0.2, 0) is 24.0 Å². The lowest BCUT2D eigenvalue weighted by atomic mass is 9.72. The molecule has 0 saturated heterocycles. The van der Waals surface area contributed by atoms with Gasteiger partial charge in [-0.2, -0.15) is 0 Å². The van der Waals surface area contributed by atoms with Crippen molar-refractivity contribution < 1.29 is 44.4 Å². The van der Waals surface area contributed by atoms with Crippen LogP contribution in [0.4, 0.5) is 0 Å². The topological polar surface area (TPSA) is 196 Å². The van der Waals surface area contributed by atoms with Crippen molar-refractivity contribution >= 4 is 23.9 Å². The van der Waals surface area contributed by atoms with Crippen LogP contribution in [0.15, 0.2) is 0 Å². The van der Waals surface area contributed by atoms with E-state index in [1.807, 2.05) is 0 Å². The Kier molecular flexibility index (Phi) is 8.77. The maximum atomic E-state index is 11.1. The first-order valence-electron chi connectivity index (χ1n) is 6.58. The van der Waals surface area contributed by atoms with Crippen LogP contribution in [-0.4, -0.2) is 63.5 Å². The summed E-state index contributed by atoms with van der Waals surface area (Å²) in [4.78, 5) is 49.2. The monoisotopic (exact) mass is 336 g/mol. The van der Waals surface area contributed by atoms with Gasteiger partial charge in [-0.25, -0.2) is 5.48 Å². The summed E-state index contributed by atoms with van der Waals surface area (Å²) in [5.74, 6) is -5.80. The summed E-state index contributed by atoms with van der Waals surface area (Å²) in [7, 11) is 0. The van der Waals surface area contributed by atoms with Crippen LogP contribution >= 0.6 is 0 Å². The molecule has 23 heavy (non-hydrogen) atoms. The van der Waals surface area contributed by atoms with Gasteiger partial charge < -0.3 is 26.2 Å². The average molecular weight is 336 g/mol. The molecule has 1 atom stereocenters. The Morgan fingerprint density at radius 3 is 1.65 bits per heavy atom. The highest BCUT2D eigenvalue weighted by Gasteiger charge is 2.46. The number of carboxylic acid groups (broad SMARTS) is 4. The van der Waals surface area contributed by atoms with E-state index in [9.17, 15) is 19.2 Å². The summed E-state index contributed by atoms with van der Waals surface area (Å²) in [6.45, 7) is 0.197. The Hall–Kier alpha value is -2.24. The predicted octanol–water partition coefficient (Wildman–Crippen LogP) is -1.28. The molecule has 0 bridgehead atoms. The lowest BCUT2D eigenvalue weighted by Crippen LogP contribution is -2.46. The molecule has 7 N–H and O–H groups in total. The minimum atomic E-state index is -1.94. The fourth-order valence-corrected chi connectivity index (χ4v) is 2.19. The highest BCUT2D eigenvalue weighted by molar-refractivity contribution is 5.77. The summed E-state index contributed by atoms with van der Waals surface area (Å²) < 4.78 is 0. The van der Waals surface area contributed by atoms with E-state index >= 15 is 0 Å². The minimum Gasteiger partial charge on any atom is -0.481 e. The molecule has 0 amide bonds. The molecule has 132 valence electrons. The van der Waals surface area contributed by atoms with Crippen LogP contribution in [0.3, 0.4) is 0 Å². The molecule has 0 radical (unpaired) electrons. The number of nitrogens with one attached hydrogen (secondary N) is 1. The maximum Gasteiger partial charge on any atom is 0.306 e. The quantitative estimate of drug-likeness (QED) is 0.173. The summed E-state index contributed by atoms with van der Waals surface area (Å²) in [5, 5.41) is 35.9. The van der Waals surface area contributed by atoms with E-state index in [-0.39, 0.29) is 13.1 Å². The molecule has 1 unspecified atom stereocenters. The Morgan fingerprint density at radius 1 is 0.913 bits per heavy atom. The lowest BCUT2D eigenvalue weighted by Gasteiger charge is -2.36. The summed E-state index contributed by atoms with van der Waals surface area (Å²) >= 11 is 0. The molecule has 0 aliphatic heterocycles. The zero-order valence-electron chi connectivity index (χ0n) is 12.2. The second kappa shape index (κ2) is 9.71. The van der Waals surface area contributed by atoms with E-state index in [1.165, 1.54) is 0 Å². The Balaban J connectivity index is 5.68. The number of nitrogens with two attached hydrogens (primary N) is 1. The zero-order valence-corrected chi connectivity index (χ0v) is 12.2. The first kappa shape index (κ1) is 20.8. The Morgan fingerprint density at radius 2 is 1.35 bits per heavy atom. The molecule has 0 spiro atoms. The number of hydrogen-bond acceptors (Lipinski definition) is 7. The van der Waals surface area contributed by atoms with Gasteiger partial charge in [0.05, 0.1) is 31.8 Å². The third-order valence-corrected chi connectivity index (χ3v) is 3.02. The average Bonchev–Trinajstić information content (AvgIpc) is 2.34. The van der Waals surface area contributed by atoms with E-state index in [4.69, 9.17) is 31.0 Å². The van der Waals surface area contributed by atoms with Crippen molar-refractivity contribution in [3.8, 4) is 0 Å². The summed E-state index contributed by atoms with van der Waals surface area (Å²) in [6, 6.07) is 0. The van der Waals surface area contributed by atoms with Gasteiger partial charge in [-0.15, -0.1) is 0 Å². The number of rotatable bonds is 13. The molecule has 0 aliphatic rings. The predicted molar refractivity (Wildman–Crippen MR) is 73.4 cm³/mol. The highest BCUT2D eigenvalue weighted by atomic mass is 16.7. The molecule has 0 aromatic carbocycles. The normalized spacial score (nSPS) is 12.6. The van der Waals surface area contributed by atoms with Gasteiger partial charge in [0.1, 0.15) is 0 Å². The zero-order chi connectivity index (χ0) is 18.0. The fraction of sp³-hybridized carbons (Fsp3) is 0.667. The maximum absolute atomic E-state index is 11.1. The van der Waals surface area contributed by atoms with Gasteiger partial charge in [0.25, 0.3) is 0 Å². The number of carboxylic acids is 4. The standard InChI is InChI=1S/C12H20N2O9/c13-1-2-14-23-7(3-8(15)16)12(4-9(17)18,5-10(19)20)6-11(21)22/h7,14H,1-6,13H2,(H,15,16)(H,17,18)(H,19,20)(H,21,22). The molecule has 0 aromatic heterocycles. The molecule has 0 aromatic rings. The van der Waals surface area contributed by atoms with Crippen molar-refractivity contribution in [1.82, 2.24) is 5.48 Å². The molecule has 11 nitrogen and oxygen atoms in total. The molecule has 0 rings (SSSR count). The van der Waals surface area contributed by atoms with Gasteiger partial charge in [0.15, 0.2) is 0 Å². The molecule has 0 saturated carbocycles. The van der Waals surface area contributed by atoms with Crippen molar-refractivity contribution in [1.29, 1.82) is 0 Å². The lowest BCUT2D eigenvalue weighted by molar-refractivity contribution is -0.169. The minimum absolute atomic E-state index is 0.0828. The Labute approximate surface area is 131 Å². The van der Waals surface area contributed by atoms with Crippen molar-refractivity contribution in [2.75, 3.05) is 13.1 Å².